The minimum Gasteiger partial charge on any atom is -0.350 e. The third kappa shape index (κ3) is 5.51. The average molecular weight is 463 g/mol. The maximum Gasteiger partial charge on any atom is 0.270 e. The molecule has 1 saturated heterocycles. The Kier molecular flexibility index (Phi) is 7.06. The van der Waals surface area contributed by atoms with Crippen molar-refractivity contribution in [1.82, 2.24) is 19.7 Å². The summed E-state index contributed by atoms with van der Waals surface area (Å²) in [5, 5.41) is 2.89. The SMILES string of the molecule is Cc1ccc(CNC(=O)Cn2cccc2C(=O)N2CCN(C(=O)c3ccc(F)cc3)CC2)cc1. The quantitative estimate of drug-likeness (QED) is 0.612. The highest BCUT2D eigenvalue weighted by molar-refractivity contribution is 5.95. The van der Waals surface area contributed by atoms with E-state index in [9.17, 15) is 18.8 Å². The van der Waals surface area contributed by atoms with Crippen LogP contribution in [0, 0.1) is 12.7 Å². The van der Waals surface area contributed by atoms with Gasteiger partial charge >= 0.3 is 0 Å². The van der Waals surface area contributed by atoms with E-state index in [1.54, 1.807) is 32.7 Å². The van der Waals surface area contributed by atoms with Crippen LogP contribution in [0.4, 0.5) is 4.39 Å². The third-order valence-corrected chi connectivity index (χ3v) is 5.92. The smallest absolute Gasteiger partial charge is 0.270 e. The summed E-state index contributed by atoms with van der Waals surface area (Å²) >= 11 is 0. The van der Waals surface area contributed by atoms with E-state index >= 15 is 0 Å². The summed E-state index contributed by atoms with van der Waals surface area (Å²) in [6, 6.07) is 16.8. The fourth-order valence-corrected chi connectivity index (χ4v) is 3.91. The average Bonchev–Trinajstić information content (AvgIpc) is 3.31. The topological polar surface area (TPSA) is 74.7 Å². The molecule has 1 N–H and O–H groups in total. The number of halogens is 1. The first-order valence-corrected chi connectivity index (χ1v) is 11.2. The predicted molar refractivity (Wildman–Crippen MR) is 126 cm³/mol. The highest BCUT2D eigenvalue weighted by atomic mass is 19.1. The number of hydrogen-bond acceptors (Lipinski definition) is 3. The standard InChI is InChI=1S/C26H27FN4O3/c1-19-4-6-20(7-5-19)17-28-24(32)18-31-12-2-3-23(31)26(34)30-15-13-29(14-16-30)25(33)21-8-10-22(27)11-9-21/h2-12H,13-18H2,1H3,(H,28,32). The molecule has 176 valence electrons. The largest absolute Gasteiger partial charge is 0.350 e. The molecule has 4 rings (SSSR count). The molecule has 0 spiro atoms. The van der Waals surface area contributed by atoms with E-state index in [-0.39, 0.29) is 24.3 Å². The van der Waals surface area contributed by atoms with Crippen molar-refractivity contribution in [3.8, 4) is 0 Å². The van der Waals surface area contributed by atoms with Gasteiger partial charge in [-0.2, -0.15) is 0 Å². The molecule has 2 heterocycles. The molecule has 0 atom stereocenters. The van der Waals surface area contributed by atoms with Crippen molar-refractivity contribution in [3.63, 3.8) is 0 Å². The van der Waals surface area contributed by atoms with Gasteiger partial charge in [-0.15, -0.1) is 0 Å². The van der Waals surface area contributed by atoms with E-state index in [1.165, 1.54) is 24.3 Å². The Labute approximate surface area is 197 Å². The first kappa shape index (κ1) is 23.2. The molecular weight excluding hydrogens is 435 g/mol. The summed E-state index contributed by atoms with van der Waals surface area (Å²) in [6.45, 7) is 4.03. The Hall–Kier alpha value is -3.94. The second-order valence-electron chi connectivity index (χ2n) is 8.37. The Morgan fingerprint density at radius 1 is 0.853 bits per heavy atom. The van der Waals surface area contributed by atoms with Crippen molar-refractivity contribution in [2.45, 2.75) is 20.0 Å². The maximum absolute atomic E-state index is 13.1. The molecule has 1 aromatic heterocycles. The van der Waals surface area contributed by atoms with Crippen molar-refractivity contribution >= 4 is 17.7 Å². The Balaban J connectivity index is 1.30. The van der Waals surface area contributed by atoms with Crippen LogP contribution in [0.2, 0.25) is 0 Å². The molecule has 0 saturated carbocycles. The fraction of sp³-hybridized carbons (Fsp3) is 0.269. The van der Waals surface area contributed by atoms with Crippen LogP contribution in [0.15, 0.2) is 66.9 Å². The minimum absolute atomic E-state index is 0.0446. The molecule has 0 aliphatic carbocycles. The van der Waals surface area contributed by atoms with E-state index in [0.29, 0.717) is 44.0 Å². The van der Waals surface area contributed by atoms with E-state index in [0.717, 1.165) is 11.1 Å². The number of hydrogen-bond donors (Lipinski definition) is 1. The van der Waals surface area contributed by atoms with Crippen LogP contribution in [0.3, 0.4) is 0 Å². The lowest BCUT2D eigenvalue weighted by molar-refractivity contribution is -0.121. The summed E-state index contributed by atoms with van der Waals surface area (Å²) in [5.41, 5.74) is 3.03. The zero-order valence-corrected chi connectivity index (χ0v) is 19.0. The monoisotopic (exact) mass is 462 g/mol. The lowest BCUT2D eigenvalue weighted by Crippen LogP contribution is -2.51. The molecular formula is C26H27FN4O3. The fourth-order valence-electron chi connectivity index (χ4n) is 3.91. The molecule has 2 aromatic carbocycles. The molecule has 1 aliphatic heterocycles. The lowest BCUT2D eigenvalue weighted by Gasteiger charge is -2.35. The third-order valence-electron chi connectivity index (χ3n) is 5.92. The summed E-state index contributed by atoms with van der Waals surface area (Å²) in [4.78, 5) is 41.5. The van der Waals surface area contributed by atoms with Crippen LogP contribution >= 0.6 is 0 Å². The van der Waals surface area contributed by atoms with Gasteiger partial charge in [0.1, 0.15) is 18.1 Å². The molecule has 0 bridgehead atoms. The Bertz CT molecular complexity index is 1160. The molecule has 3 amide bonds. The van der Waals surface area contributed by atoms with Gasteiger partial charge in [-0.25, -0.2) is 4.39 Å². The lowest BCUT2D eigenvalue weighted by atomic mass is 10.1. The summed E-state index contributed by atoms with van der Waals surface area (Å²) in [7, 11) is 0. The minimum atomic E-state index is -0.390. The van der Waals surface area contributed by atoms with Crippen LogP contribution in [0.25, 0.3) is 0 Å². The van der Waals surface area contributed by atoms with E-state index in [1.807, 2.05) is 31.2 Å². The number of piperazine rings is 1. The molecule has 34 heavy (non-hydrogen) atoms. The van der Waals surface area contributed by atoms with Crippen LogP contribution in [0.5, 0.6) is 0 Å². The van der Waals surface area contributed by atoms with Gasteiger partial charge in [0.05, 0.1) is 0 Å². The zero-order chi connectivity index (χ0) is 24.1. The highest BCUT2D eigenvalue weighted by Gasteiger charge is 2.27. The second-order valence-corrected chi connectivity index (χ2v) is 8.37. The first-order valence-electron chi connectivity index (χ1n) is 11.2. The van der Waals surface area contributed by atoms with Crippen molar-refractivity contribution in [1.29, 1.82) is 0 Å². The van der Waals surface area contributed by atoms with E-state index < -0.39 is 5.82 Å². The number of rotatable bonds is 6. The van der Waals surface area contributed by atoms with Gasteiger partial charge in [-0.3, -0.25) is 14.4 Å². The predicted octanol–water partition coefficient (Wildman–Crippen LogP) is 2.85. The van der Waals surface area contributed by atoms with Gasteiger partial charge in [0, 0.05) is 44.5 Å². The molecule has 8 heteroatoms. The van der Waals surface area contributed by atoms with Crippen LogP contribution in [0.1, 0.15) is 32.0 Å². The molecule has 1 fully saturated rings. The molecule has 1 aliphatic rings. The van der Waals surface area contributed by atoms with Crippen molar-refractivity contribution in [2.75, 3.05) is 26.2 Å². The Morgan fingerprint density at radius 3 is 2.12 bits per heavy atom. The normalized spacial score (nSPS) is 13.6. The molecule has 0 unspecified atom stereocenters. The van der Waals surface area contributed by atoms with Crippen molar-refractivity contribution < 1.29 is 18.8 Å². The van der Waals surface area contributed by atoms with Gasteiger partial charge in [0.15, 0.2) is 0 Å². The molecule has 7 nitrogen and oxygen atoms in total. The van der Waals surface area contributed by atoms with E-state index in [2.05, 4.69) is 5.32 Å². The van der Waals surface area contributed by atoms with Crippen molar-refractivity contribution in [2.24, 2.45) is 0 Å². The molecule has 3 aromatic rings. The van der Waals surface area contributed by atoms with Gasteiger partial charge in [-0.1, -0.05) is 29.8 Å². The number of amides is 3. The van der Waals surface area contributed by atoms with Crippen molar-refractivity contribution in [3.05, 3.63) is 95.1 Å². The highest BCUT2D eigenvalue weighted by Crippen LogP contribution is 2.13. The number of aryl methyl sites for hydroxylation is 1. The van der Waals surface area contributed by atoms with Gasteiger partial charge < -0.3 is 19.7 Å². The summed E-state index contributed by atoms with van der Waals surface area (Å²) in [6.07, 6.45) is 1.72. The van der Waals surface area contributed by atoms with Crippen LogP contribution in [-0.4, -0.2) is 58.3 Å². The summed E-state index contributed by atoms with van der Waals surface area (Å²) < 4.78 is 14.8. The van der Waals surface area contributed by atoms with E-state index in [4.69, 9.17) is 0 Å². The zero-order valence-electron chi connectivity index (χ0n) is 19.0. The Morgan fingerprint density at radius 2 is 1.47 bits per heavy atom. The van der Waals surface area contributed by atoms with Crippen LogP contribution < -0.4 is 5.32 Å². The number of benzene rings is 2. The van der Waals surface area contributed by atoms with Gasteiger partial charge in [0.2, 0.25) is 5.91 Å². The van der Waals surface area contributed by atoms with Gasteiger partial charge in [-0.05, 0) is 48.9 Å². The maximum atomic E-state index is 13.1. The molecule has 0 radical (unpaired) electrons. The number of nitrogens with zero attached hydrogens (tertiary/aromatic N) is 3. The second kappa shape index (κ2) is 10.3. The van der Waals surface area contributed by atoms with Gasteiger partial charge in [0.25, 0.3) is 11.8 Å². The summed E-state index contributed by atoms with van der Waals surface area (Å²) in [5.74, 6) is -0.926. The first-order chi connectivity index (χ1) is 16.4. The van der Waals surface area contributed by atoms with Crippen LogP contribution in [-0.2, 0) is 17.9 Å². The number of aromatic nitrogens is 1. The number of carbonyl (C=O) groups is 3. The number of nitrogens with one attached hydrogen (secondary N) is 1. The number of carbonyl (C=O) groups excluding carboxylic acids is 3.